The van der Waals surface area contributed by atoms with E-state index in [2.05, 4.69) is 14.5 Å². The van der Waals surface area contributed by atoms with Gasteiger partial charge in [0.15, 0.2) is 5.69 Å². The molecule has 0 N–H and O–H groups in total. The maximum atomic E-state index is 11.8. The minimum atomic E-state index is -4.80. The number of nitrogens with zero attached hydrogens (tertiary/aromatic N) is 1. The van der Waals surface area contributed by atoms with E-state index in [1.54, 1.807) is 0 Å². The van der Waals surface area contributed by atoms with Gasteiger partial charge in [-0.05, 0) is 6.07 Å². The van der Waals surface area contributed by atoms with Crippen molar-refractivity contribution in [2.24, 2.45) is 0 Å². The molecule has 0 aliphatic carbocycles. The molecule has 0 fully saturated rings. The third-order valence-corrected chi connectivity index (χ3v) is 1.36. The highest BCUT2D eigenvalue weighted by atomic mass is 19.4. The standard InChI is InChI=1S/C8H6F3NO3/c1-14-7(13)6-4-5(2-3-12-6)15-8(9,10)11/h2-4H,1H3. The number of halogens is 3. The van der Waals surface area contributed by atoms with Crippen LogP contribution in [0, 0.1) is 0 Å². The summed E-state index contributed by atoms with van der Waals surface area (Å²) in [4.78, 5) is 14.4. The average Bonchev–Trinajstić information content (AvgIpc) is 2.14. The predicted octanol–water partition coefficient (Wildman–Crippen LogP) is 1.77. The van der Waals surface area contributed by atoms with Crippen molar-refractivity contribution in [3.05, 3.63) is 24.0 Å². The fourth-order valence-electron chi connectivity index (χ4n) is 0.824. The van der Waals surface area contributed by atoms with Crippen LogP contribution >= 0.6 is 0 Å². The fourth-order valence-corrected chi connectivity index (χ4v) is 0.824. The van der Waals surface area contributed by atoms with Gasteiger partial charge in [-0.15, -0.1) is 13.2 Å². The zero-order valence-corrected chi connectivity index (χ0v) is 7.54. The normalized spacial score (nSPS) is 10.9. The van der Waals surface area contributed by atoms with E-state index in [1.165, 1.54) is 0 Å². The van der Waals surface area contributed by atoms with Crippen LogP contribution in [0.1, 0.15) is 10.5 Å². The van der Waals surface area contributed by atoms with E-state index in [9.17, 15) is 18.0 Å². The summed E-state index contributed by atoms with van der Waals surface area (Å²) in [7, 11) is 1.10. The lowest BCUT2D eigenvalue weighted by molar-refractivity contribution is -0.274. The summed E-state index contributed by atoms with van der Waals surface area (Å²) in [5.74, 6) is -1.35. The number of ether oxygens (including phenoxy) is 2. The topological polar surface area (TPSA) is 48.4 Å². The summed E-state index contributed by atoms with van der Waals surface area (Å²) in [5, 5.41) is 0. The van der Waals surface area contributed by atoms with Crippen molar-refractivity contribution in [2.45, 2.75) is 6.36 Å². The number of esters is 1. The lowest BCUT2D eigenvalue weighted by atomic mass is 10.3. The summed E-state index contributed by atoms with van der Waals surface area (Å²) in [6.45, 7) is 0. The van der Waals surface area contributed by atoms with Crippen LogP contribution in [0.15, 0.2) is 18.3 Å². The third kappa shape index (κ3) is 3.45. The molecule has 0 aliphatic heterocycles. The van der Waals surface area contributed by atoms with Crippen LogP contribution in [0.25, 0.3) is 0 Å². The fraction of sp³-hybridized carbons (Fsp3) is 0.250. The van der Waals surface area contributed by atoms with Crippen LogP contribution in [0.3, 0.4) is 0 Å². The van der Waals surface area contributed by atoms with Crippen molar-refractivity contribution in [1.82, 2.24) is 4.98 Å². The Labute approximate surface area is 82.6 Å². The molecule has 1 rings (SSSR count). The summed E-state index contributed by atoms with van der Waals surface area (Å²) in [5.41, 5.74) is -0.251. The third-order valence-electron chi connectivity index (χ3n) is 1.36. The Bertz CT molecular complexity index is 364. The summed E-state index contributed by atoms with van der Waals surface area (Å²) < 4.78 is 43.3. The maximum Gasteiger partial charge on any atom is 0.573 e. The molecule has 4 nitrogen and oxygen atoms in total. The molecule has 1 heterocycles. The van der Waals surface area contributed by atoms with Crippen LogP contribution in [0.2, 0.25) is 0 Å². The summed E-state index contributed by atoms with van der Waals surface area (Å²) in [6.07, 6.45) is -3.78. The molecular weight excluding hydrogens is 215 g/mol. The van der Waals surface area contributed by atoms with E-state index in [1.807, 2.05) is 0 Å². The molecule has 0 atom stereocenters. The van der Waals surface area contributed by atoms with E-state index < -0.39 is 18.1 Å². The molecule has 82 valence electrons. The molecule has 0 bridgehead atoms. The first-order chi connectivity index (χ1) is 6.92. The SMILES string of the molecule is COC(=O)c1cc(OC(F)(F)F)ccn1. The molecule has 0 aliphatic rings. The molecule has 15 heavy (non-hydrogen) atoms. The second-order valence-electron chi connectivity index (χ2n) is 2.42. The molecule has 0 saturated heterocycles. The minimum absolute atomic E-state index is 0.251. The molecule has 0 aromatic carbocycles. The zero-order chi connectivity index (χ0) is 11.5. The highest BCUT2D eigenvalue weighted by Crippen LogP contribution is 2.22. The van der Waals surface area contributed by atoms with Gasteiger partial charge in [-0.1, -0.05) is 0 Å². The number of rotatable bonds is 2. The van der Waals surface area contributed by atoms with Gasteiger partial charge in [-0.3, -0.25) is 0 Å². The lowest BCUT2D eigenvalue weighted by Crippen LogP contribution is -2.17. The largest absolute Gasteiger partial charge is 0.573 e. The first kappa shape index (κ1) is 11.3. The molecule has 0 radical (unpaired) electrons. The number of methoxy groups -OCH3 is 1. The van der Waals surface area contributed by atoms with E-state index >= 15 is 0 Å². The number of aromatic nitrogens is 1. The van der Waals surface area contributed by atoms with Gasteiger partial charge in [0.2, 0.25) is 0 Å². The Morgan fingerprint density at radius 2 is 2.13 bits per heavy atom. The molecule has 0 spiro atoms. The van der Waals surface area contributed by atoms with Gasteiger partial charge in [-0.25, -0.2) is 9.78 Å². The second-order valence-corrected chi connectivity index (χ2v) is 2.42. The van der Waals surface area contributed by atoms with Crippen molar-refractivity contribution in [3.63, 3.8) is 0 Å². The number of alkyl halides is 3. The maximum absolute atomic E-state index is 11.8. The Morgan fingerprint density at radius 1 is 1.47 bits per heavy atom. The predicted molar refractivity (Wildman–Crippen MR) is 42.3 cm³/mol. The number of pyridine rings is 1. The van der Waals surface area contributed by atoms with Crippen LogP contribution in [0.4, 0.5) is 13.2 Å². The highest BCUT2D eigenvalue weighted by molar-refractivity contribution is 5.87. The molecule has 0 amide bonds. The van der Waals surface area contributed by atoms with Gasteiger partial charge in [0.1, 0.15) is 5.75 Å². The van der Waals surface area contributed by atoms with Crippen molar-refractivity contribution in [2.75, 3.05) is 7.11 Å². The van der Waals surface area contributed by atoms with E-state index in [4.69, 9.17) is 0 Å². The quantitative estimate of drug-likeness (QED) is 0.714. The molecule has 0 saturated carbocycles. The van der Waals surface area contributed by atoms with Crippen molar-refractivity contribution in [3.8, 4) is 5.75 Å². The van der Waals surface area contributed by atoms with Gasteiger partial charge in [0, 0.05) is 12.3 Å². The minimum Gasteiger partial charge on any atom is -0.464 e. The molecule has 1 aromatic heterocycles. The van der Waals surface area contributed by atoms with Crippen LogP contribution in [-0.2, 0) is 4.74 Å². The number of carbonyl (C=O) groups is 1. The molecule has 7 heteroatoms. The van der Waals surface area contributed by atoms with E-state index in [-0.39, 0.29) is 5.69 Å². The van der Waals surface area contributed by atoms with Crippen LogP contribution in [-0.4, -0.2) is 24.4 Å². The Balaban J connectivity index is 2.88. The van der Waals surface area contributed by atoms with Gasteiger partial charge >= 0.3 is 12.3 Å². The Hall–Kier alpha value is -1.79. The van der Waals surface area contributed by atoms with E-state index in [0.29, 0.717) is 0 Å². The van der Waals surface area contributed by atoms with Gasteiger partial charge in [-0.2, -0.15) is 0 Å². The van der Waals surface area contributed by atoms with Crippen molar-refractivity contribution < 1.29 is 27.4 Å². The van der Waals surface area contributed by atoms with E-state index in [0.717, 1.165) is 25.4 Å². The zero-order valence-electron chi connectivity index (χ0n) is 7.54. The number of hydrogen-bond donors (Lipinski definition) is 0. The Morgan fingerprint density at radius 3 is 2.67 bits per heavy atom. The second kappa shape index (κ2) is 4.16. The molecule has 1 aromatic rings. The monoisotopic (exact) mass is 221 g/mol. The summed E-state index contributed by atoms with van der Waals surface area (Å²) >= 11 is 0. The molecule has 0 unspecified atom stereocenters. The molecular formula is C8H6F3NO3. The number of hydrogen-bond acceptors (Lipinski definition) is 4. The Kier molecular flexibility index (Phi) is 3.13. The van der Waals surface area contributed by atoms with Crippen LogP contribution < -0.4 is 4.74 Å². The highest BCUT2D eigenvalue weighted by Gasteiger charge is 2.31. The van der Waals surface area contributed by atoms with Gasteiger partial charge < -0.3 is 9.47 Å². The smallest absolute Gasteiger partial charge is 0.464 e. The lowest BCUT2D eigenvalue weighted by Gasteiger charge is -2.08. The van der Waals surface area contributed by atoms with Gasteiger partial charge in [0.25, 0.3) is 0 Å². The summed E-state index contributed by atoms with van der Waals surface area (Å²) in [6, 6.07) is 1.83. The van der Waals surface area contributed by atoms with Crippen LogP contribution in [0.5, 0.6) is 5.75 Å². The first-order valence-electron chi connectivity index (χ1n) is 3.72. The first-order valence-corrected chi connectivity index (χ1v) is 3.72. The van der Waals surface area contributed by atoms with Crippen molar-refractivity contribution in [1.29, 1.82) is 0 Å². The average molecular weight is 221 g/mol. The van der Waals surface area contributed by atoms with Crippen molar-refractivity contribution >= 4 is 5.97 Å². The number of carbonyl (C=O) groups excluding carboxylic acids is 1. The van der Waals surface area contributed by atoms with Gasteiger partial charge in [0.05, 0.1) is 7.11 Å².